The second-order valence-corrected chi connectivity index (χ2v) is 11.6. The minimum absolute atomic E-state index is 1.30. The molecule has 0 atom stereocenters. The van der Waals surface area contributed by atoms with Gasteiger partial charge in [0.2, 0.25) is 0 Å². The maximum Gasteiger partial charge on any atom is -0.00137 e. The molecule has 11 rings (SSSR count). The summed E-state index contributed by atoms with van der Waals surface area (Å²) in [6.45, 7) is 0. The summed E-state index contributed by atoms with van der Waals surface area (Å²) < 4.78 is 0. The molecule has 0 spiro atoms. The van der Waals surface area contributed by atoms with Crippen molar-refractivity contribution in [2.24, 2.45) is 0 Å². The van der Waals surface area contributed by atoms with E-state index >= 15 is 0 Å². The number of fused-ring (bicyclic) bond motifs is 7. The molecule has 0 amide bonds. The van der Waals surface area contributed by atoms with E-state index in [0.29, 0.717) is 0 Å². The summed E-state index contributed by atoms with van der Waals surface area (Å²) in [4.78, 5) is 0. The van der Waals surface area contributed by atoms with Gasteiger partial charge in [-0.15, -0.1) is 0 Å². The number of rotatable bonds is 0. The highest BCUT2D eigenvalue weighted by atomic mass is 14.2. The monoisotopic (exact) mass is 500 g/mol. The summed E-state index contributed by atoms with van der Waals surface area (Å²) in [6, 6.07) is 46.0. The Balaban J connectivity index is 1.43. The van der Waals surface area contributed by atoms with Crippen LogP contribution in [0.1, 0.15) is 0 Å². The van der Waals surface area contributed by atoms with Gasteiger partial charge in [-0.05, 0) is 119 Å². The lowest BCUT2D eigenvalue weighted by Gasteiger charge is -2.14. The van der Waals surface area contributed by atoms with Gasteiger partial charge < -0.3 is 0 Å². The minimum Gasteiger partial charge on any atom is -0.0616 e. The van der Waals surface area contributed by atoms with Crippen molar-refractivity contribution < 1.29 is 0 Å². The quantitative estimate of drug-likeness (QED) is 0.144. The van der Waals surface area contributed by atoms with Crippen LogP contribution in [0.15, 0.2) is 121 Å². The molecule has 0 heterocycles. The van der Waals surface area contributed by atoms with Crippen molar-refractivity contribution in [3.8, 4) is 0 Å². The Bertz CT molecular complexity index is 2970. The van der Waals surface area contributed by atoms with Gasteiger partial charge in [0.1, 0.15) is 0 Å². The third-order valence-corrected chi connectivity index (χ3v) is 9.86. The molecule has 0 saturated carbocycles. The van der Waals surface area contributed by atoms with E-state index in [1.54, 1.807) is 0 Å². The molecule has 0 aromatic heterocycles. The van der Waals surface area contributed by atoms with Crippen LogP contribution < -0.4 is 0 Å². The fourth-order valence-electron chi connectivity index (χ4n) is 8.24. The van der Waals surface area contributed by atoms with Crippen LogP contribution in [0, 0.1) is 41.7 Å². The molecule has 0 N–H and O–H groups in total. The standard InChI is InChI=1S/C40H20/c1-2-7-23-20-35-32-16-14-28-30-17-18-33-36-24-8-4-3-5-21(24)9-10-25(36)26-11-12-29(38(30)40(26)33)27-13-15-31(39(32)37(27)28)34(35)19-22(23)6-1/h1-20H. The molecule has 0 bridgehead atoms. The van der Waals surface area contributed by atoms with Crippen molar-refractivity contribution in [3.63, 3.8) is 0 Å². The van der Waals surface area contributed by atoms with Gasteiger partial charge in [0, 0.05) is 0 Å². The molecular weight excluding hydrogens is 480 g/mol. The predicted molar refractivity (Wildman–Crippen MR) is 166 cm³/mol. The average Bonchev–Trinajstić information content (AvgIpc) is 3.52. The first-order valence-corrected chi connectivity index (χ1v) is 14.1. The second-order valence-electron chi connectivity index (χ2n) is 11.6. The van der Waals surface area contributed by atoms with Gasteiger partial charge in [0.25, 0.3) is 0 Å². The maximum absolute atomic E-state index is 2.39. The molecule has 0 nitrogen and oxygen atoms in total. The van der Waals surface area contributed by atoms with Gasteiger partial charge in [0.15, 0.2) is 0 Å². The number of hydrogen-bond donors (Lipinski definition) is 0. The summed E-state index contributed by atoms with van der Waals surface area (Å²) in [5.74, 6) is 0. The molecule has 0 fully saturated rings. The molecule has 2 aliphatic rings. The van der Waals surface area contributed by atoms with Gasteiger partial charge in [-0.2, -0.15) is 0 Å². The summed E-state index contributed by atoms with van der Waals surface area (Å²) in [7, 11) is 0. The highest BCUT2D eigenvalue weighted by molar-refractivity contribution is 6.33. The van der Waals surface area contributed by atoms with Crippen molar-refractivity contribution in [3.05, 3.63) is 163 Å². The fourth-order valence-corrected chi connectivity index (χ4v) is 8.24. The lowest BCUT2D eigenvalue weighted by atomic mass is 9.88. The van der Waals surface area contributed by atoms with Gasteiger partial charge >= 0.3 is 0 Å². The molecule has 0 heteroatoms. The van der Waals surface area contributed by atoms with Crippen LogP contribution in [-0.4, -0.2) is 0 Å². The Morgan fingerprint density at radius 2 is 0.700 bits per heavy atom. The van der Waals surface area contributed by atoms with E-state index in [1.807, 2.05) is 0 Å². The van der Waals surface area contributed by atoms with Crippen molar-refractivity contribution in [1.82, 2.24) is 0 Å². The van der Waals surface area contributed by atoms with E-state index in [0.717, 1.165) is 0 Å². The van der Waals surface area contributed by atoms with Crippen molar-refractivity contribution in [2.45, 2.75) is 0 Å². The van der Waals surface area contributed by atoms with Crippen LogP contribution in [0.2, 0.25) is 0 Å². The van der Waals surface area contributed by atoms with Gasteiger partial charge in [-0.25, -0.2) is 0 Å². The van der Waals surface area contributed by atoms with Crippen molar-refractivity contribution >= 4 is 64.6 Å². The Morgan fingerprint density at radius 3 is 1.30 bits per heavy atom. The second kappa shape index (κ2) is 6.50. The molecule has 2 aliphatic carbocycles. The first-order valence-electron chi connectivity index (χ1n) is 14.1. The minimum atomic E-state index is 1.30. The molecule has 180 valence electrons. The van der Waals surface area contributed by atoms with Crippen LogP contribution in [0.4, 0.5) is 0 Å². The SMILES string of the molecule is c1ccc2cc3c(cc2c1)=c1ccc2c4ccc5c6c(ccc(c7ccc=3c1c27)c64)=c1c=5ccc2ccccc12. The average molecular weight is 501 g/mol. The normalized spacial score (nSPS) is 13.0. The Morgan fingerprint density at radius 1 is 0.250 bits per heavy atom. The lowest BCUT2D eigenvalue weighted by molar-refractivity contribution is 1.53. The number of hydrogen-bond acceptors (Lipinski definition) is 0. The van der Waals surface area contributed by atoms with Crippen LogP contribution >= 0.6 is 0 Å². The van der Waals surface area contributed by atoms with E-state index in [2.05, 4.69) is 121 Å². The molecule has 9 aromatic carbocycles. The molecule has 40 heavy (non-hydrogen) atoms. The summed E-state index contributed by atoms with van der Waals surface area (Å²) in [6.07, 6.45) is 0. The molecule has 0 aliphatic heterocycles. The van der Waals surface area contributed by atoms with Crippen LogP contribution in [0.5, 0.6) is 0 Å². The third kappa shape index (κ3) is 2.10. The first kappa shape index (κ1) is 19.8. The topological polar surface area (TPSA) is 0 Å². The van der Waals surface area contributed by atoms with E-state index in [1.165, 1.54) is 106 Å². The van der Waals surface area contributed by atoms with E-state index in [4.69, 9.17) is 0 Å². The van der Waals surface area contributed by atoms with Gasteiger partial charge in [0.05, 0.1) is 0 Å². The summed E-state index contributed by atoms with van der Waals surface area (Å²) >= 11 is 0. The van der Waals surface area contributed by atoms with Crippen LogP contribution in [0.25, 0.3) is 64.6 Å². The Labute approximate surface area is 227 Å². The van der Waals surface area contributed by atoms with Crippen LogP contribution in [0.3, 0.4) is 0 Å². The summed E-state index contributed by atoms with van der Waals surface area (Å²) in [5.41, 5.74) is 0. The van der Waals surface area contributed by atoms with Crippen molar-refractivity contribution in [2.75, 3.05) is 0 Å². The Hall–Kier alpha value is -5.20. The molecule has 0 radical (unpaired) electrons. The highest BCUT2D eigenvalue weighted by Crippen LogP contribution is 2.43. The molecular formula is C40H20. The number of benzene rings is 9. The zero-order valence-electron chi connectivity index (χ0n) is 21.5. The van der Waals surface area contributed by atoms with E-state index < -0.39 is 0 Å². The van der Waals surface area contributed by atoms with Crippen LogP contribution in [-0.2, 0) is 0 Å². The Kier molecular flexibility index (Phi) is 3.22. The summed E-state index contributed by atoms with van der Waals surface area (Å²) in [5, 5.41) is 27.3. The molecule has 9 aromatic rings. The smallest absolute Gasteiger partial charge is 0.00137 e. The fraction of sp³-hybridized carbons (Fsp3) is 0. The highest BCUT2D eigenvalue weighted by Gasteiger charge is 2.19. The predicted octanol–water partition coefficient (Wildman–Crippen LogP) is 9.82. The van der Waals surface area contributed by atoms with E-state index in [9.17, 15) is 0 Å². The molecule has 0 unspecified atom stereocenters. The molecule has 0 saturated heterocycles. The van der Waals surface area contributed by atoms with E-state index in [-0.39, 0.29) is 0 Å². The zero-order valence-corrected chi connectivity index (χ0v) is 21.5. The van der Waals surface area contributed by atoms with Gasteiger partial charge in [-0.3, -0.25) is 0 Å². The maximum atomic E-state index is 2.39. The first-order chi connectivity index (χ1) is 19.8. The zero-order chi connectivity index (χ0) is 25.7. The largest absolute Gasteiger partial charge is 0.0616 e. The van der Waals surface area contributed by atoms with Crippen molar-refractivity contribution in [1.29, 1.82) is 0 Å². The third-order valence-electron chi connectivity index (χ3n) is 9.86. The van der Waals surface area contributed by atoms with Gasteiger partial charge in [-0.1, -0.05) is 109 Å². The lowest BCUT2D eigenvalue weighted by Crippen LogP contribution is -1.89.